The summed E-state index contributed by atoms with van der Waals surface area (Å²) in [5.41, 5.74) is 2.96. The number of carbonyl (C=O) groups is 5. The quantitative estimate of drug-likeness (QED) is 0.0135. The van der Waals surface area contributed by atoms with Crippen LogP contribution in [0.4, 0.5) is 10.7 Å². The highest BCUT2D eigenvalue weighted by Crippen LogP contribution is 2.42. The normalized spacial score (nSPS) is 11.9. The standard InChI is InChI=1S/C64H75N9O11S/c1-44-38-45(2)58(46(3)39-44)85(80,81)71-53(60(78)82-7)42-69-59(77)52-43-72(34-17-30-65-55(74)28-29-56(75)66-31-18-36-83-37-19-32-68-62(79)84-63(4,5)6)54-40-47(26-27-51(54)57(52)76)41-70-61-67-33-35-73(61)64(48-20-11-8-12-21-48,49-22-13-9-14-23-49)50-24-15-10-16-25-50/h8-16,20-27,33,35,38-40,43H,17-19,28-32,34,36-37,41-42H2,1-7H3,(H,65,74)(H,66,75)(H,67,70)(H,68,79)(H,69,77)/b71-53-. The molecule has 0 unspecified atom stereocenters. The van der Waals surface area contributed by atoms with Crippen LogP contribution in [0, 0.1) is 20.8 Å². The Labute approximate surface area is 495 Å². The highest BCUT2D eigenvalue weighted by Gasteiger charge is 2.40. The molecule has 0 radical (unpaired) electrons. The number of nitrogens with one attached hydrogen (secondary N) is 5. The van der Waals surface area contributed by atoms with Crippen LogP contribution in [0.1, 0.15) is 102 Å². The number of methoxy groups -OCH3 is 1. The van der Waals surface area contributed by atoms with Crippen LogP contribution in [0.25, 0.3) is 10.9 Å². The SMILES string of the molecule is COC(=O)/C(CNC(=O)c1cn(CCCNC(=O)CCC(=O)NCCCOCCCNC(=O)OC(C)(C)C)c2cc(CNc3nccn3C(c3ccccc3)(c3ccccc3)c3ccccc3)ccc2c1=O)=N\S(=O)(=O)c1c(C)cc(C)cc1C. The van der Waals surface area contributed by atoms with E-state index in [2.05, 4.69) is 71.9 Å². The van der Waals surface area contributed by atoms with Gasteiger partial charge in [-0.05, 0) is 106 Å². The fraction of sp³-hybridized carbons (Fsp3) is 0.344. The summed E-state index contributed by atoms with van der Waals surface area (Å²) in [5, 5.41) is 14.6. The van der Waals surface area contributed by atoms with E-state index in [4.69, 9.17) is 19.2 Å². The van der Waals surface area contributed by atoms with Crippen LogP contribution in [0.15, 0.2) is 154 Å². The molecule has 4 amide bonds. The summed E-state index contributed by atoms with van der Waals surface area (Å²) >= 11 is 0. The van der Waals surface area contributed by atoms with Crippen LogP contribution in [0.3, 0.4) is 0 Å². The van der Waals surface area contributed by atoms with Crippen molar-refractivity contribution in [2.75, 3.05) is 51.8 Å². The van der Waals surface area contributed by atoms with Gasteiger partial charge in [-0.15, -0.1) is 0 Å². The molecule has 0 aliphatic heterocycles. The zero-order valence-electron chi connectivity index (χ0n) is 49.2. The van der Waals surface area contributed by atoms with Crippen LogP contribution < -0.4 is 32.0 Å². The number of nitrogens with zero attached hydrogens (tertiary/aromatic N) is 4. The topological polar surface area (TPSA) is 260 Å². The number of alkyl carbamates (subject to hydrolysis) is 1. The van der Waals surface area contributed by atoms with Crippen LogP contribution in [-0.2, 0) is 57.2 Å². The Kier molecular flexibility index (Phi) is 22.1. The second-order valence-corrected chi connectivity index (χ2v) is 23.0. The maximum absolute atomic E-state index is 14.4. The molecular formula is C64H75N9O11S. The van der Waals surface area contributed by atoms with E-state index >= 15 is 0 Å². The number of sulfonamides is 1. The Bertz CT molecular complexity index is 3550. The van der Waals surface area contributed by atoms with Gasteiger partial charge in [-0.1, -0.05) is 115 Å². The number of aromatic nitrogens is 3. The van der Waals surface area contributed by atoms with Gasteiger partial charge < -0.3 is 45.4 Å². The number of benzene rings is 5. The fourth-order valence-corrected chi connectivity index (χ4v) is 11.5. The molecule has 0 spiro atoms. The van der Waals surface area contributed by atoms with Gasteiger partial charge in [0.2, 0.25) is 23.2 Å². The summed E-state index contributed by atoms with van der Waals surface area (Å²) in [7, 11) is -3.41. The van der Waals surface area contributed by atoms with Gasteiger partial charge in [0.1, 0.15) is 16.7 Å². The molecule has 7 aromatic rings. The van der Waals surface area contributed by atoms with Crippen molar-refractivity contribution in [1.29, 1.82) is 0 Å². The van der Waals surface area contributed by atoms with Crippen molar-refractivity contribution < 1.29 is 46.6 Å². The van der Waals surface area contributed by atoms with E-state index in [9.17, 15) is 37.2 Å². The average molecular weight is 1180 g/mol. The molecule has 0 aliphatic carbocycles. The summed E-state index contributed by atoms with van der Waals surface area (Å²) in [5.74, 6) is -2.07. The third-order valence-corrected chi connectivity index (χ3v) is 15.4. The minimum absolute atomic E-state index is 0.0335. The maximum Gasteiger partial charge on any atom is 0.407 e. The van der Waals surface area contributed by atoms with E-state index in [0.717, 1.165) is 34.9 Å². The predicted molar refractivity (Wildman–Crippen MR) is 326 cm³/mol. The molecule has 5 aromatic carbocycles. The molecule has 0 atom stereocenters. The van der Waals surface area contributed by atoms with Gasteiger partial charge in [-0.25, -0.2) is 14.6 Å². The Morgan fingerprint density at radius 2 is 1.25 bits per heavy atom. The highest BCUT2D eigenvalue weighted by atomic mass is 32.2. The van der Waals surface area contributed by atoms with Crippen molar-refractivity contribution >= 4 is 62.4 Å². The zero-order chi connectivity index (χ0) is 61.2. The number of carbonyl (C=O) groups excluding carboxylic acids is 5. The van der Waals surface area contributed by atoms with Crippen LogP contribution in [0.5, 0.6) is 0 Å². The lowest BCUT2D eigenvalue weighted by molar-refractivity contribution is -0.132. The number of ether oxygens (including phenoxy) is 3. The molecule has 2 heterocycles. The fourth-order valence-electron chi connectivity index (χ4n) is 10.1. The molecule has 5 N–H and O–H groups in total. The van der Waals surface area contributed by atoms with E-state index in [1.165, 1.54) is 6.20 Å². The van der Waals surface area contributed by atoms with Gasteiger partial charge in [0.05, 0.1) is 24.1 Å². The van der Waals surface area contributed by atoms with E-state index in [-0.39, 0.29) is 60.1 Å². The first-order valence-electron chi connectivity index (χ1n) is 28.2. The third kappa shape index (κ3) is 16.9. The minimum Gasteiger partial charge on any atom is -0.464 e. The van der Waals surface area contributed by atoms with Crippen LogP contribution >= 0.6 is 0 Å². The number of hydrogen-bond acceptors (Lipinski definition) is 13. The van der Waals surface area contributed by atoms with Crippen molar-refractivity contribution in [1.82, 2.24) is 35.4 Å². The number of imidazole rings is 1. The number of aryl methyl sites for hydroxylation is 4. The zero-order valence-corrected chi connectivity index (χ0v) is 50.0. The molecular weight excluding hydrogens is 1100 g/mol. The van der Waals surface area contributed by atoms with Crippen molar-refractivity contribution in [2.24, 2.45) is 4.40 Å². The van der Waals surface area contributed by atoms with Gasteiger partial charge in [0.25, 0.3) is 15.9 Å². The molecule has 7 rings (SSSR count). The molecule has 448 valence electrons. The monoisotopic (exact) mass is 1180 g/mol. The number of fused-ring (bicyclic) bond motifs is 1. The largest absolute Gasteiger partial charge is 0.464 e. The second-order valence-electron chi connectivity index (χ2n) is 21.4. The maximum atomic E-state index is 14.4. The number of anilines is 1. The van der Waals surface area contributed by atoms with Crippen molar-refractivity contribution in [3.8, 4) is 0 Å². The number of pyridine rings is 1. The molecule has 21 heteroatoms. The first-order chi connectivity index (χ1) is 40.7. The first-order valence-corrected chi connectivity index (χ1v) is 29.6. The van der Waals surface area contributed by atoms with E-state index in [0.29, 0.717) is 68.2 Å². The second kappa shape index (κ2) is 29.5. The molecule has 0 aliphatic rings. The summed E-state index contributed by atoms with van der Waals surface area (Å²) in [4.78, 5) is 83.6. The molecule has 2 aromatic heterocycles. The average Bonchev–Trinajstić information content (AvgIpc) is 1.85. The lowest BCUT2D eigenvalue weighted by Crippen LogP contribution is -2.38. The van der Waals surface area contributed by atoms with Crippen molar-refractivity contribution in [3.05, 3.63) is 195 Å². The summed E-state index contributed by atoms with van der Waals surface area (Å²) in [6.45, 7) is 12.0. The molecule has 0 saturated carbocycles. The van der Waals surface area contributed by atoms with Gasteiger partial charge in [0.15, 0.2) is 5.71 Å². The summed E-state index contributed by atoms with van der Waals surface area (Å²) in [6.07, 6.45) is 5.99. The van der Waals surface area contributed by atoms with Gasteiger partial charge in [0, 0.05) is 82.8 Å². The Morgan fingerprint density at radius 1 is 0.694 bits per heavy atom. The lowest BCUT2D eigenvalue weighted by atomic mass is 9.76. The molecule has 85 heavy (non-hydrogen) atoms. The Hall–Kier alpha value is -8.95. The Morgan fingerprint density at radius 3 is 1.80 bits per heavy atom. The predicted octanol–water partition coefficient (Wildman–Crippen LogP) is 8.03. The molecule has 20 nitrogen and oxygen atoms in total. The lowest BCUT2D eigenvalue weighted by Gasteiger charge is -2.38. The van der Waals surface area contributed by atoms with Crippen LogP contribution in [-0.4, -0.2) is 110 Å². The van der Waals surface area contributed by atoms with Crippen molar-refractivity contribution in [3.63, 3.8) is 0 Å². The number of rotatable bonds is 28. The first kappa shape index (κ1) is 63.6. The highest BCUT2D eigenvalue weighted by molar-refractivity contribution is 7.90. The molecule has 0 fully saturated rings. The third-order valence-electron chi connectivity index (χ3n) is 13.7. The minimum atomic E-state index is -4.47. The molecule has 0 saturated heterocycles. The van der Waals surface area contributed by atoms with Crippen molar-refractivity contribution in [2.45, 2.75) is 103 Å². The van der Waals surface area contributed by atoms with E-state index < -0.39 is 56.8 Å². The summed E-state index contributed by atoms with van der Waals surface area (Å²) in [6, 6.07) is 39.2. The summed E-state index contributed by atoms with van der Waals surface area (Å²) < 4.78 is 50.7. The Balaban J connectivity index is 1.07. The number of amides is 4. The van der Waals surface area contributed by atoms with Gasteiger partial charge in [-0.2, -0.15) is 12.8 Å². The van der Waals surface area contributed by atoms with Gasteiger partial charge in [-0.3, -0.25) is 23.7 Å². The van der Waals surface area contributed by atoms with Crippen LogP contribution in [0.2, 0.25) is 0 Å². The number of hydrogen-bond donors (Lipinski definition) is 5. The van der Waals surface area contributed by atoms with E-state index in [1.807, 2.05) is 73.8 Å². The smallest absolute Gasteiger partial charge is 0.407 e. The molecule has 0 bridgehead atoms. The van der Waals surface area contributed by atoms with Gasteiger partial charge >= 0.3 is 12.1 Å². The van der Waals surface area contributed by atoms with E-state index in [1.54, 1.807) is 69.6 Å². The number of esters is 1.